The Balaban J connectivity index is 2.63. The molecule has 82 valence electrons. The highest BCUT2D eigenvalue weighted by Gasteiger charge is 2.22. The van der Waals surface area contributed by atoms with E-state index in [9.17, 15) is 0 Å². The van der Waals surface area contributed by atoms with Crippen LogP contribution in [0, 0.1) is 0 Å². The van der Waals surface area contributed by atoms with E-state index in [1.54, 1.807) is 0 Å². The van der Waals surface area contributed by atoms with Crippen LogP contribution in [-0.2, 0) is 6.42 Å². The van der Waals surface area contributed by atoms with Gasteiger partial charge in [0.15, 0.2) is 0 Å². The molecule has 1 rings (SSSR count). The highest BCUT2D eigenvalue weighted by molar-refractivity contribution is 5.15. The molecule has 0 aliphatic heterocycles. The molecule has 0 heterocycles. The van der Waals surface area contributed by atoms with Gasteiger partial charge in [-0.3, -0.25) is 0 Å². The van der Waals surface area contributed by atoms with E-state index in [-0.39, 0.29) is 0 Å². The first-order chi connectivity index (χ1) is 7.06. The van der Waals surface area contributed by atoms with Crippen LogP contribution in [0.25, 0.3) is 0 Å². The standard InChI is InChI=1S/C14H22N/c1-5-11-15(3,4)13(2)12-14-9-7-6-8-10-14/h5-10,13H,1,11-12H2,2-4H3/q+1. The first-order valence-corrected chi connectivity index (χ1v) is 5.54. The minimum Gasteiger partial charge on any atom is -0.323 e. The summed E-state index contributed by atoms with van der Waals surface area (Å²) in [5.74, 6) is 0. The summed E-state index contributed by atoms with van der Waals surface area (Å²) in [5.41, 5.74) is 1.42. The topological polar surface area (TPSA) is 0 Å². The third-order valence-electron chi connectivity index (χ3n) is 3.17. The minimum absolute atomic E-state index is 0.616. The van der Waals surface area contributed by atoms with Crippen molar-refractivity contribution in [3.05, 3.63) is 48.6 Å². The number of hydrogen-bond acceptors (Lipinski definition) is 0. The SMILES string of the molecule is C=CC[N+](C)(C)C(C)Cc1ccccc1. The van der Waals surface area contributed by atoms with Gasteiger partial charge in [0.1, 0.15) is 0 Å². The molecule has 1 unspecified atom stereocenters. The van der Waals surface area contributed by atoms with Gasteiger partial charge in [0.2, 0.25) is 0 Å². The smallest absolute Gasteiger partial charge is 0.0969 e. The lowest BCUT2D eigenvalue weighted by atomic mass is 10.0. The normalized spacial score (nSPS) is 13.5. The molecule has 0 aliphatic rings. The van der Waals surface area contributed by atoms with Gasteiger partial charge in [-0.15, -0.1) is 0 Å². The second kappa shape index (κ2) is 5.13. The lowest BCUT2D eigenvalue weighted by molar-refractivity contribution is -0.907. The molecule has 0 saturated heterocycles. The zero-order chi connectivity index (χ0) is 11.3. The number of likely N-dealkylation sites (N-methyl/N-ethyl adjacent to an activating group) is 1. The molecule has 0 aliphatic carbocycles. The van der Waals surface area contributed by atoms with Crippen LogP contribution in [0.5, 0.6) is 0 Å². The Kier molecular flexibility index (Phi) is 4.10. The first-order valence-electron chi connectivity index (χ1n) is 5.54. The molecule has 0 bridgehead atoms. The highest BCUT2D eigenvalue weighted by Crippen LogP contribution is 2.12. The molecule has 0 fully saturated rings. The van der Waals surface area contributed by atoms with E-state index in [1.165, 1.54) is 5.56 Å². The third-order valence-corrected chi connectivity index (χ3v) is 3.17. The number of rotatable bonds is 5. The fraction of sp³-hybridized carbons (Fsp3) is 0.429. The molecule has 0 spiro atoms. The van der Waals surface area contributed by atoms with Crippen molar-refractivity contribution in [1.82, 2.24) is 0 Å². The monoisotopic (exact) mass is 204 g/mol. The first kappa shape index (κ1) is 12.0. The Morgan fingerprint density at radius 3 is 2.40 bits per heavy atom. The maximum atomic E-state index is 3.82. The van der Waals surface area contributed by atoms with E-state index < -0.39 is 0 Å². The van der Waals surface area contributed by atoms with Gasteiger partial charge in [0.25, 0.3) is 0 Å². The van der Waals surface area contributed by atoms with Crippen molar-refractivity contribution in [2.75, 3.05) is 20.6 Å². The maximum absolute atomic E-state index is 3.82. The molecule has 1 aromatic carbocycles. The Labute approximate surface area is 93.6 Å². The number of benzene rings is 1. The average Bonchev–Trinajstić information content (AvgIpc) is 2.19. The van der Waals surface area contributed by atoms with Crippen molar-refractivity contribution in [2.24, 2.45) is 0 Å². The van der Waals surface area contributed by atoms with E-state index in [1.807, 2.05) is 6.08 Å². The fourth-order valence-electron chi connectivity index (χ4n) is 1.72. The van der Waals surface area contributed by atoms with Gasteiger partial charge >= 0.3 is 0 Å². The molecule has 0 amide bonds. The summed E-state index contributed by atoms with van der Waals surface area (Å²) in [6.07, 6.45) is 3.13. The van der Waals surface area contributed by atoms with Gasteiger partial charge in [0, 0.05) is 6.42 Å². The van der Waals surface area contributed by atoms with Crippen LogP contribution < -0.4 is 0 Å². The maximum Gasteiger partial charge on any atom is 0.0969 e. The molecule has 1 atom stereocenters. The van der Waals surface area contributed by atoms with Crippen molar-refractivity contribution in [3.8, 4) is 0 Å². The summed E-state index contributed by atoms with van der Waals surface area (Å²) < 4.78 is 0.998. The average molecular weight is 204 g/mol. The van der Waals surface area contributed by atoms with Crippen LogP contribution in [0.1, 0.15) is 12.5 Å². The number of quaternary nitrogens is 1. The van der Waals surface area contributed by atoms with Gasteiger partial charge in [-0.2, -0.15) is 0 Å². The van der Waals surface area contributed by atoms with Crippen molar-refractivity contribution < 1.29 is 4.48 Å². The number of nitrogens with zero attached hydrogens (tertiary/aromatic N) is 1. The summed E-state index contributed by atoms with van der Waals surface area (Å²) in [6.45, 7) is 7.14. The third kappa shape index (κ3) is 3.52. The van der Waals surface area contributed by atoms with Crippen LogP contribution in [0.3, 0.4) is 0 Å². The second-order valence-electron chi connectivity index (χ2n) is 4.79. The summed E-state index contributed by atoms with van der Waals surface area (Å²) in [6, 6.07) is 11.3. The Morgan fingerprint density at radius 1 is 1.27 bits per heavy atom. The van der Waals surface area contributed by atoms with Crippen molar-refractivity contribution in [1.29, 1.82) is 0 Å². The zero-order valence-electron chi connectivity index (χ0n) is 10.1. The molecule has 1 aromatic rings. The van der Waals surface area contributed by atoms with Gasteiger partial charge < -0.3 is 4.48 Å². The molecule has 1 heteroatoms. The lowest BCUT2D eigenvalue weighted by Gasteiger charge is -2.35. The molecule has 0 saturated carbocycles. The van der Waals surface area contributed by atoms with E-state index in [2.05, 4.69) is 57.9 Å². The summed E-state index contributed by atoms with van der Waals surface area (Å²) in [5, 5.41) is 0. The Morgan fingerprint density at radius 2 is 1.87 bits per heavy atom. The summed E-state index contributed by atoms with van der Waals surface area (Å²) in [4.78, 5) is 0. The molecule has 1 nitrogen and oxygen atoms in total. The van der Waals surface area contributed by atoms with Gasteiger partial charge in [0.05, 0.1) is 26.7 Å². The van der Waals surface area contributed by atoms with Gasteiger partial charge in [-0.25, -0.2) is 0 Å². The quantitative estimate of drug-likeness (QED) is 0.511. The van der Waals surface area contributed by atoms with E-state index in [0.717, 1.165) is 17.4 Å². The van der Waals surface area contributed by atoms with E-state index in [4.69, 9.17) is 0 Å². The molecule has 0 radical (unpaired) electrons. The largest absolute Gasteiger partial charge is 0.323 e. The highest BCUT2D eigenvalue weighted by atomic mass is 15.3. The van der Waals surface area contributed by atoms with Crippen molar-refractivity contribution >= 4 is 0 Å². The van der Waals surface area contributed by atoms with Crippen LogP contribution in [0.2, 0.25) is 0 Å². The van der Waals surface area contributed by atoms with Gasteiger partial charge in [-0.05, 0) is 18.6 Å². The van der Waals surface area contributed by atoms with Crippen molar-refractivity contribution in [3.63, 3.8) is 0 Å². The second-order valence-corrected chi connectivity index (χ2v) is 4.79. The Hall–Kier alpha value is -1.08. The molecule has 0 N–H and O–H groups in total. The predicted molar refractivity (Wildman–Crippen MR) is 66.8 cm³/mol. The molecule has 0 aromatic heterocycles. The van der Waals surface area contributed by atoms with E-state index >= 15 is 0 Å². The fourth-order valence-corrected chi connectivity index (χ4v) is 1.72. The molecule has 15 heavy (non-hydrogen) atoms. The predicted octanol–water partition coefficient (Wildman–Crippen LogP) is 2.88. The minimum atomic E-state index is 0.616. The molecular weight excluding hydrogens is 182 g/mol. The molecular formula is C14H22N+. The zero-order valence-corrected chi connectivity index (χ0v) is 10.1. The lowest BCUT2D eigenvalue weighted by Crippen LogP contribution is -2.48. The number of hydrogen-bond donors (Lipinski definition) is 0. The van der Waals surface area contributed by atoms with Crippen LogP contribution in [-0.4, -0.2) is 31.2 Å². The van der Waals surface area contributed by atoms with Crippen LogP contribution in [0.15, 0.2) is 43.0 Å². The summed E-state index contributed by atoms with van der Waals surface area (Å²) >= 11 is 0. The van der Waals surface area contributed by atoms with E-state index in [0.29, 0.717) is 6.04 Å². The Bertz CT molecular complexity index is 300. The van der Waals surface area contributed by atoms with Crippen LogP contribution >= 0.6 is 0 Å². The van der Waals surface area contributed by atoms with Crippen molar-refractivity contribution in [2.45, 2.75) is 19.4 Å². The summed E-state index contributed by atoms with van der Waals surface area (Å²) in [7, 11) is 4.52. The van der Waals surface area contributed by atoms with Gasteiger partial charge in [-0.1, -0.05) is 36.9 Å². The van der Waals surface area contributed by atoms with Crippen LogP contribution in [0.4, 0.5) is 0 Å².